The number of halogens is 1. The van der Waals surface area contributed by atoms with Gasteiger partial charge < -0.3 is 15.0 Å². The third-order valence-corrected chi connectivity index (χ3v) is 4.88. The summed E-state index contributed by atoms with van der Waals surface area (Å²) >= 11 is 3.41. The van der Waals surface area contributed by atoms with E-state index in [0.717, 1.165) is 17.3 Å². The minimum atomic E-state index is -0.254. The number of hydrogen-bond acceptors (Lipinski definition) is 3. The van der Waals surface area contributed by atoms with Gasteiger partial charge in [0.05, 0.1) is 12.2 Å². The fourth-order valence-electron chi connectivity index (χ4n) is 2.72. The number of nitrogens with one attached hydrogen (secondary N) is 1. The molecule has 0 aliphatic carbocycles. The molecule has 0 fully saturated rings. The molecule has 0 radical (unpaired) electrons. The first-order valence-corrected chi connectivity index (χ1v) is 10.4. The molecule has 0 heterocycles. The highest BCUT2D eigenvalue weighted by Crippen LogP contribution is 2.25. The number of ether oxygens (including phenoxy) is 1. The van der Waals surface area contributed by atoms with E-state index in [4.69, 9.17) is 4.74 Å². The van der Waals surface area contributed by atoms with Gasteiger partial charge in [0.1, 0.15) is 5.75 Å². The van der Waals surface area contributed by atoms with Gasteiger partial charge in [-0.15, -0.1) is 0 Å². The highest BCUT2D eigenvalue weighted by molar-refractivity contribution is 9.10. The second-order valence-electron chi connectivity index (χ2n) is 6.35. The van der Waals surface area contributed by atoms with Crippen molar-refractivity contribution in [1.29, 1.82) is 0 Å². The van der Waals surface area contributed by atoms with Gasteiger partial charge >= 0.3 is 0 Å². The Morgan fingerprint density at radius 3 is 2.32 bits per heavy atom. The van der Waals surface area contributed by atoms with Crippen molar-refractivity contribution in [3.63, 3.8) is 0 Å². The van der Waals surface area contributed by atoms with E-state index in [1.807, 2.05) is 19.9 Å². The zero-order chi connectivity index (χ0) is 20.5. The van der Waals surface area contributed by atoms with Crippen LogP contribution in [0.2, 0.25) is 0 Å². The molecule has 28 heavy (non-hydrogen) atoms. The largest absolute Gasteiger partial charge is 0.493 e. The Kier molecular flexibility index (Phi) is 8.51. The molecule has 2 aromatic carbocycles. The van der Waals surface area contributed by atoms with Crippen LogP contribution in [0.1, 0.15) is 54.3 Å². The van der Waals surface area contributed by atoms with Gasteiger partial charge in [0, 0.05) is 28.8 Å². The van der Waals surface area contributed by atoms with E-state index in [0.29, 0.717) is 42.3 Å². The van der Waals surface area contributed by atoms with Crippen LogP contribution in [0, 0.1) is 0 Å². The number of carbonyl (C=O) groups excluding carboxylic acids is 2. The molecule has 2 aromatic rings. The maximum absolute atomic E-state index is 12.8. The quantitative estimate of drug-likeness (QED) is 0.527. The zero-order valence-electron chi connectivity index (χ0n) is 16.6. The molecule has 0 aliphatic heterocycles. The van der Waals surface area contributed by atoms with Crippen LogP contribution in [0.4, 0.5) is 5.69 Å². The van der Waals surface area contributed by atoms with Crippen LogP contribution in [0.15, 0.2) is 46.9 Å². The Labute approximate surface area is 175 Å². The van der Waals surface area contributed by atoms with Crippen LogP contribution < -0.4 is 10.1 Å². The van der Waals surface area contributed by atoms with Crippen LogP contribution in [-0.2, 0) is 0 Å². The minimum absolute atomic E-state index is 0.0125. The molecule has 0 spiro atoms. The number of carbonyl (C=O) groups is 2. The highest BCUT2D eigenvalue weighted by Gasteiger charge is 2.15. The molecule has 0 saturated carbocycles. The van der Waals surface area contributed by atoms with Crippen LogP contribution in [-0.4, -0.2) is 36.4 Å². The Balaban J connectivity index is 2.12. The molecule has 0 bridgehead atoms. The monoisotopic (exact) mass is 446 g/mol. The molecular formula is C22H27BrN2O3. The van der Waals surface area contributed by atoms with Gasteiger partial charge in [0.25, 0.3) is 11.8 Å². The van der Waals surface area contributed by atoms with E-state index in [1.54, 1.807) is 41.3 Å². The Morgan fingerprint density at radius 2 is 1.71 bits per heavy atom. The van der Waals surface area contributed by atoms with Crippen molar-refractivity contribution in [2.75, 3.05) is 25.0 Å². The smallest absolute Gasteiger partial charge is 0.259 e. The molecule has 150 valence electrons. The number of anilines is 1. The SMILES string of the molecule is CCCCOc1ccc(Br)cc1C(=O)Nc1ccc(C(=O)N(CC)CC)cc1. The number of unbranched alkanes of at least 4 members (excludes halogenated alkanes) is 1. The lowest BCUT2D eigenvalue weighted by atomic mass is 10.1. The van der Waals surface area contributed by atoms with Crippen molar-refractivity contribution in [2.24, 2.45) is 0 Å². The van der Waals surface area contributed by atoms with E-state index in [1.165, 1.54) is 0 Å². The molecule has 0 unspecified atom stereocenters. The summed E-state index contributed by atoms with van der Waals surface area (Å²) in [6.45, 7) is 7.89. The van der Waals surface area contributed by atoms with Gasteiger partial charge in [-0.05, 0) is 62.7 Å². The third kappa shape index (κ3) is 5.83. The topological polar surface area (TPSA) is 58.6 Å². The molecule has 6 heteroatoms. The Hall–Kier alpha value is -2.34. The molecule has 1 N–H and O–H groups in total. The summed E-state index contributed by atoms with van der Waals surface area (Å²) in [5.74, 6) is 0.291. The molecular weight excluding hydrogens is 420 g/mol. The fourth-order valence-corrected chi connectivity index (χ4v) is 3.08. The lowest BCUT2D eigenvalue weighted by molar-refractivity contribution is 0.0773. The second-order valence-corrected chi connectivity index (χ2v) is 7.27. The van der Waals surface area contributed by atoms with Crippen LogP contribution in [0.5, 0.6) is 5.75 Å². The molecule has 0 aromatic heterocycles. The molecule has 5 nitrogen and oxygen atoms in total. The summed E-state index contributed by atoms with van der Waals surface area (Å²) in [6, 6.07) is 12.3. The first kappa shape index (κ1) is 22.0. The predicted molar refractivity (Wildman–Crippen MR) is 116 cm³/mol. The molecule has 2 rings (SSSR count). The fraction of sp³-hybridized carbons (Fsp3) is 0.364. The molecule has 0 saturated heterocycles. The maximum Gasteiger partial charge on any atom is 0.259 e. The van der Waals surface area contributed by atoms with Gasteiger partial charge in [-0.3, -0.25) is 9.59 Å². The van der Waals surface area contributed by atoms with Gasteiger partial charge in [0.2, 0.25) is 0 Å². The standard InChI is InChI=1S/C22H27BrN2O3/c1-4-7-14-28-20-13-10-17(23)15-19(20)21(26)24-18-11-8-16(9-12-18)22(27)25(5-2)6-3/h8-13,15H,4-7,14H2,1-3H3,(H,24,26). The predicted octanol–water partition coefficient (Wildman–Crippen LogP) is 5.36. The number of rotatable bonds is 9. The zero-order valence-corrected chi connectivity index (χ0v) is 18.2. The van der Waals surface area contributed by atoms with Crippen LogP contribution in [0.25, 0.3) is 0 Å². The highest BCUT2D eigenvalue weighted by atomic mass is 79.9. The first-order chi connectivity index (χ1) is 13.5. The summed E-state index contributed by atoms with van der Waals surface area (Å²) in [5, 5.41) is 2.87. The summed E-state index contributed by atoms with van der Waals surface area (Å²) in [5.41, 5.74) is 1.70. The van der Waals surface area contributed by atoms with Gasteiger partial charge in [-0.2, -0.15) is 0 Å². The van der Waals surface area contributed by atoms with Crippen molar-refractivity contribution >= 4 is 33.4 Å². The van der Waals surface area contributed by atoms with Gasteiger partial charge in [-0.1, -0.05) is 29.3 Å². The average Bonchev–Trinajstić information content (AvgIpc) is 2.70. The van der Waals surface area contributed by atoms with Gasteiger partial charge in [-0.25, -0.2) is 0 Å². The van der Waals surface area contributed by atoms with E-state index >= 15 is 0 Å². The lowest BCUT2D eigenvalue weighted by Crippen LogP contribution is -2.30. The normalized spacial score (nSPS) is 10.4. The number of amides is 2. The summed E-state index contributed by atoms with van der Waals surface area (Å²) in [7, 11) is 0. The van der Waals surface area contributed by atoms with Crippen molar-refractivity contribution in [1.82, 2.24) is 4.90 Å². The van der Waals surface area contributed by atoms with E-state index in [-0.39, 0.29) is 11.8 Å². The lowest BCUT2D eigenvalue weighted by Gasteiger charge is -2.18. The maximum atomic E-state index is 12.8. The van der Waals surface area contributed by atoms with Crippen LogP contribution in [0.3, 0.4) is 0 Å². The summed E-state index contributed by atoms with van der Waals surface area (Å²) in [6.07, 6.45) is 1.95. The summed E-state index contributed by atoms with van der Waals surface area (Å²) in [4.78, 5) is 26.9. The minimum Gasteiger partial charge on any atom is -0.493 e. The number of benzene rings is 2. The number of nitrogens with zero attached hydrogens (tertiary/aromatic N) is 1. The first-order valence-electron chi connectivity index (χ1n) is 9.63. The second kappa shape index (κ2) is 10.9. The van der Waals surface area contributed by atoms with Crippen molar-refractivity contribution in [3.8, 4) is 5.75 Å². The van der Waals surface area contributed by atoms with E-state index < -0.39 is 0 Å². The molecule has 0 atom stereocenters. The Bertz CT molecular complexity index is 802. The van der Waals surface area contributed by atoms with Crippen molar-refractivity contribution in [3.05, 3.63) is 58.1 Å². The van der Waals surface area contributed by atoms with Gasteiger partial charge in [0.15, 0.2) is 0 Å². The van der Waals surface area contributed by atoms with E-state index in [2.05, 4.69) is 28.2 Å². The molecule has 2 amide bonds. The average molecular weight is 447 g/mol. The summed E-state index contributed by atoms with van der Waals surface area (Å²) < 4.78 is 6.57. The number of hydrogen-bond donors (Lipinski definition) is 1. The van der Waals surface area contributed by atoms with Crippen molar-refractivity contribution in [2.45, 2.75) is 33.6 Å². The van der Waals surface area contributed by atoms with Crippen LogP contribution >= 0.6 is 15.9 Å². The Morgan fingerprint density at radius 1 is 1.04 bits per heavy atom. The van der Waals surface area contributed by atoms with Crippen molar-refractivity contribution < 1.29 is 14.3 Å². The molecule has 0 aliphatic rings. The van der Waals surface area contributed by atoms with E-state index in [9.17, 15) is 9.59 Å². The third-order valence-electron chi connectivity index (χ3n) is 4.38.